The normalized spacial score (nSPS) is 22.7. The average Bonchev–Trinajstić information content (AvgIpc) is 2.49. The van der Waals surface area contributed by atoms with Gasteiger partial charge in [-0.3, -0.25) is 4.90 Å². The minimum Gasteiger partial charge on any atom is -0.381 e. The van der Waals surface area contributed by atoms with E-state index in [1.165, 1.54) is 12.8 Å². The molecular weight excluding hydrogens is 308 g/mol. The Hall–Kier alpha value is -0.720. The zero-order valence-corrected chi connectivity index (χ0v) is 12.5. The number of rotatable bonds is 2. The highest BCUT2D eigenvalue weighted by molar-refractivity contribution is 9.10. The number of hydrogen-bond acceptors (Lipinski definition) is 5. The Labute approximate surface area is 122 Å². The van der Waals surface area contributed by atoms with Crippen molar-refractivity contribution < 1.29 is 4.74 Å². The fraction of sp³-hybridized carbons (Fsp3) is 0.692. The van der Waals surface area contributed by atoms with Crippen LogP contribution < -0.4 is 4.90 Å². The summed E-state index contributed by atoms with van der Waals surface area (Å²) in [6, 6.07) is 0.710. The minimum atomic E-state index is 0.710. The zero-order chi connectivity index (χ0) is 13.1. The molecule has 0 aliphatic carbocycles. The summed E-state index contributed by atoms with van der Waals surface area (Å²) in [4.78, 5) is 13.6. The molecule has 0 aromatic carbocycles. The summed E-state index contributed by atoms with van der Waals surface area (Å²) in [6.45, 7) is 6.06. The Morgan fingerprint density at radius 3 is 2.32 bits per heavy atom. The molecule has 0 saturated carbocycles. The van der Waals surface area contributed by atoms with Crippen molar-refractivity contribution in [3.63, 3.8) is 0 Å². The maximum absolute atomic E-state index is 5.43. The Balaban J connectivity index is 1.55. The van der Waals surface area contributed by atoms with Gasteiger partial charge in [0.05, 0.1) is 4.47 Å². The molecule has 0 spiro atoms. The lowest BCUT2D eigenvalue weighted by atomic mass is 10.1. The number of anilines is 1. The molecule has 1 aromatic rings. The van der Waals surface area contributed by atoms with E-state index in [0.29, 0.717) is 6.04 Å². The lowest BCUT2D eigenvalue weighted by molar-refractivity contribution is 0.0320. The number of halogens is 1. The van der Waals surface area contributed by atoms with E-state index in [1.807, 2.05) is 12.4 Å². The predicted molar refractivity (Wildman–Crippen MR) is 77.4 cm³/mol. The van der Waals surface area contributed by atoms with Gasteiger partial charge in [0.25, 0.3) is 0 Å². The van der Waals surface area contributed by atoms with E-state index < -0.39 is 0 Å². The summed E-state index contributed by atoms with van der Waals surface area (Å²) >= 11 is 3.37. The van der Waals surface area contributed by atoms with Crippen molar-refractivity contribution in [3.8, 4) is 0 Å². The van der Waals surface area contributed by atoms with Crippen LogP contribution in [0.15, 0.2) is 16.9 Å². The molecule has 2 aliphatic rings. The number of ether oxygens (including phenoxy) is 1. The Morgan fingerprint density at radius 2 is 1.68 bits per heavy atom. The third-order valence-electron chi connectivity index (χ3n) is 3.91. The van der Waals surface area contributed by atoms with Crippen molar-refractivity contribution >= 4 is 21.9 Å². The summed E-state index contributed by atoms with van der Waals surface area (Å²) < 4.78 is 6.36. The van der Waals surface area contributed by atoms with Gasteiger partial charge in [0.15, 0.2) is 0 Å². The van der Waals surface area contributed by atoms with Crippen LogP contribution in [0.5, 0.6) is 0 Å². The summed E-state index contributed by atoms with van der Waals surface area (Å²) in [5, 5.41) is 0. The van der Waals surface area contributed by atoms with Crippen molar-refractivity contribution in [2.75, 3.05) is 44.3 Å². The van der Waals surface area contributed by atoms with Gasteiger partial charge in [-0.25, -0.2) is 9.97 Å². The van der Waals surface area contributed by atoms with Gasteiger partial charge in [0.1, 0.15) is 0 Å². The van der Waals surface area contributed by atoms with Gasteiger partial charge in [-0.2, -0.15) is 0 Å². The van der Waals surface area contributed by atoms with Crippen molar-refractivity contribution in [1.29, 1.82) is 0 Å². The largest absolute Gasteiger partial charge is 0.381 e. The van der Waals surface area contributed by atoms with Crippen LogP contribution in [0.2, 0.25) is 0 Å². The standard InChI is InChI=1S/C13H19BrN4O/c14-11-9-15-13(16-10-11)18-5-3-17(4-6-18)12-1-7-19-8-2-12/h9-10,12H,1-8H2. The molecule has 1 aromatic heterocycles. The van der Waals surface area contributed by atoms with Gasteiger partial charge in [0, 0.05) is 57.8 Å². The summed E-state index contributed by atoms with van der Waals surface area (Å²) in [6.07, 6.45) is 5.98. The lowest BCUT2D eigenvalue weighted by Gasteiger charge is -2.40. The molecule has 104 valence electrons. The minimum absolute atomic E-state index is 0.710. The van der Waals surface area contributed by atoms with Gasteiger partial charge >= 0.3 is 0 Å². The van der Waals surface area contributed by atoms with Gasteiger partial charge in [-0.05, 0) is 28.8 Å². The summed E-state index contributed by atoms with van der Waals surface area (Å²) in [7, 11) is 0. The maximum Gasteiger partial charge on any atom is 0.225 e. The second kappa shape index (κ2) is 6.15. The van der Waals surface area contributed by atoms with Crippen molar-refractivity contribution in [3.05, 3.63) is 16.9 Å². The molecule has 6 heteroatoms. The summed E-state index contributed by atoms with van der Waals surface area (Å²) in [5.74, 6) is 0.842. The number of piperazine rings is 1. The van der Waals surface area contributed by atoms with Gasteiger partial charge < -0.3 is 9.64 Å². The van der Waals surface area contributed by atoms with Gasteiger partial charge in [-0.1, -0.05) is 0 Å². The Kier molecular flexibility index (Phi) is 4.30. The molecule has 2 aliphatic heterocycles. The number of aromatic nitrogens is 2. The van der Waals surface area contributed by atoms with E-state index in [-0.39, 0.29) is 0 Å². The SMILES string of the molecule is Brc1cnc(N2CCN(C3CCOCC3)CC2)nc1. The molecule has 3 rings (SSSR count). The van der Waals surface area contributed by atoms with Crippen LogP contribution in [0.25, 0.3) is 0 Å². The highest BCUT2D eigenvalue weighted by Gasteiger charge is 2.26. The predicted octanol–water partition coefficient (Wildman–Crippen LogP) is 1.54. The fourth-order valence-corrected chi connectivity index (χ4v) is 3.01. The van der Waals surface area contributed by atoms with E-state index in [1.54, 1.807) is 0 Å². The van der Waals surface area contributed by atoms with E-state index >= 15 is 0 Å². The molecule has 0 atom stereocenters. The molecule has 19 heavy (non-hydrogen) atoms. The van der Waals surface area contributed by atoms with Crippen LogP contribution >= 0.6 is 15.9 Å². The molecule has 0 N–H and O–H groups in total. The van der Waals surface area contributed by atoms with Crippen molar-refractivity contribution in [2.45, 2.75) is 18.9 Å². The topological polar surface area (TPSA) is 41.5 Å². The fourth-order valence-electron chi connectivity index (χ4n) is 2.81. The smallest absolute Gasteiger partial charge is 0.225 e. The second-order valence-electron chi connectivity index (χ2n) is 5.07. The van der Waals surface area contributed by atoms with E-state index in [0.717, 1.165) is 49.8 Å². The van der Waals surface area contributed by atoms with E-state index in [2.05, 4.69) is 35.7 Å². The first kappa shape index (κ1) is 13.3. The second-order valence-corrected chi connectivity index (χ2v) is 5.98. The first-order valence-electron chi connectivity index (χ1n) is 6.87. The Bertz CT molecular complexity index is 400. The van der Waals surface area contributed by atoms with Gasteiger partial charge in [0.2, 0.25) is 5.95 Å². The molecule has 0 unspecified atom stereocenters. The molecule has 0 radical (unpaired) electrons. The third-order valence-corrected chi connectivity index (χ3v) is 4.32. The first-order chi connectivity index (χ1) is 9.33. The molecule has 0 amide bonds. The van der Waals surface area contributed by atoms with Crippen molar-refractivity contribution in [2.24, 2.45) is 0 Å². The average molecular weight is 327 g/mol. The van der Waals surface area contributed by atoms with Crippen LogP contribution in [-0.4, -0.2) is 60.3 Å². The highest BCUT2D eigenvalue weighted by Crippen LogP contribution is 2.18. The molecule has 5 nitrogen and oxygen atoms in total. The van der Waals surface area contributed by atoms with Crippen LogP contribution in [0.1, 0.15) is 12.8 Å². The maximum atomic E-state index is 5.43. The highest BCUT2D eigenvalue weighted by atomic mass is 79.9. The van der Waals surface area contributed by atoms with Crippen molar-refractivity contribution in [1.82, 2.24) is 14.9 Å². The first-order valence-corrected chi connectivity index (χ1v) is 7.66. The number of hydrogen-bond donors (Lipinski definition) is 0. The van der Waals surface area contributed by atoms with E-state index in [4.69, 9.17) is 4.74 Å². The van der Waals surface area contributed by atoms with Crippen LogP contribution in [0.4, 0.5) is 5.95 Å². The molecule has 2 saturated heterocycles. The molecular formula is C13H19BrN4O. The molecule has 2 fully saturated rings. The van der Waals surface area contributed by atoms with Crippen LogP contribution in [0, 0.1) is 0 Å². The zero-order valence-electron chi connectivity index (χ0n) is 11.0. The monoisotopic (exact) mass is 326 g/mol. The number of nitrogens with zero attached hydrogens (tertiary/aromatic N) is 4. The molecule has 3 heterocycles. The quantitative estimate of drug-likeness (QED) is 0.824. The van der Waals surface area contributed by atoms with Crippen LogP contribution in [-0.2, 0) is 4.74 Å². The van der Waals surface area contributed by atoms with Crippen LogP contribution in [0.3, 0.4) is 0 Å². The molecule has 0 bridgehead atoms. The summed E-state index contributed by atoms with van der Waals surface area (Å²) in [5.41, 5.74) is 0. The van der Waals surface area contributed by atoms with Gasteiger partial charge in [-0.15, -0.1) is 0 Å². The third kappa shape index (κ3) is 3.24. The lowest BCUT2D eigenvalue weighted by Crippen LogP contribution is -2.52. The van der Waals surface area contributed by atoms with E-state index in [9.17, 15) is 0 Å². The Morgan fingerprint density at radius 1 is 1.05 bits per heavy atom.